The van der Waals surface area contributed by atoms with Crippen LogP contribution in [0.1, 0.15) is 33.6 Å². The molecule has 8 heavy (non-hydrogen) atoms. The van der Waals surface area contributed by atoms with E-state index < -0.39 is 0 Å². The minimum atomic E-state index is 0.866. The van der Waals surface area contributed by atoms with E-state index in [-0.39, 0.29) is 0 Å². The Morgan fingerprint density at radius 2 is 2.00 bits per heavy atom. The SMILES string of the molecule is CC.C[C@@H]1C=CCC1. The van der Waals surface area contributed by atoms with Crippen molar-refractivity contribution in [3.63, 3.8) is 0 Å². The Kier molecular flexibility index (Phi) is 4.73. The second-order valence-corrected chi connectivity index (χ2v) is 1.98. The Labute approximate surface area is 52.6 Å². The van der Waals surface area contributed by atoms with Crippen LogP contribution < -0.4 is 0 Å². The summed E-state index contributed by atoms with van der Waals surface area (Å²) in [5.41, 5.74) is 0. The van der Waals surface area contributed by atoms with Crippen LogP contribution in [0.3, 0.4) is 0 Å². The molecule has 0 N–H and O–H groups in total. The summed E-state index contributed by atoms with van der Waals surface area (Å²) in [5, 5.41) is 0. The monoisotopic (exact) mass is 112 g/mol. The van der Waals surface area contributed by atoms with Crippen LogP contribution in [0.2, 0.25) is 0 Å². The summed E-state index contributed by atoms with van der Waals surface area (Å²) in [5.74, 6) is 0.866. The molecule has 0 spiro atoms. The van der Waals surface area contributed by atoms with Crippen molar-refractivity contribution in [2.45, 2.75) is 33.6 Å². The van der Waals surface area contributed by atoms with Crippen molar-refractivity contribution >= 4 is 0 Å². The summed E-state index contributed by atoms with van der Waals surface area (Å²) in [6.45, 7) is 6.25. The topological polar surface area (TPSA) is 0 Å². The van der Waals surface area contributed by atoms with Crippen LogP contribution in [-0.2, 0) is 0 Å². The lowest BCUT2D eigenvalue weighted by Crippen LogP contribution is -1.76. The van der Waals surface area contributed by atoms with Crippen molar-refractivity contribution in [1.29, 1.82) is 0 Å². The predicted molar refractivity (Wildman–Crippen MR) is 38.9 cm³/mol. The molecular formula is C8H16. The molecule has 1 aliphatic rings. The summed E-state index contributed by atoms with van der Waals surface area (Å²) in [6.07, 6.45) is 7.21. The molecule has 0 aromatic rings. The first-order valence-electron chi connectivity index (χ1n) is 3.56. The van der Waals surface area contributed by atoms with E-state index in [1.807, 2.05) is 13.8 Å². The van der Waals surface area contributed by atoms with Crippen LogP contribution in [0.4, 0.5) is 0 Å². The highest BCUT2D eigenvalue weighted by molar-refractivity contribution is 4.93. The van der Waals surface area contributed by atoms with Crippen molar-refractivity contribution < 1.29 is 0 Å². The zero-order valence-electron chi connectivity index (χ0n) is 6.15. The standard InChI is InChI=1S/C6H10.C2H6/c1-6-4-2-3-5-6;1-2/h2,4,6H,3,5H2,1H3;1-2H3/t6-;/m1./s1. The fourth-order valence-corrected chi connectivity index (χ4v) is 0.784. The van der Waals surface area contributed by atoms with Crippen LogP contribution >= 0.6 is 0 Å². The Hall–Kier alpha value is -0.260. The predicted octanol–water partition coefficient (Wildman–Crippen LogP) is 3.00. The Balaban J connectivity index is 0.000000222. The highest BCUT2D eigenvalue weighted by atomic mass is 14.0. The normalized spacial score (nSPS) is 24.6. The largest absolute Gasteiger partial charge is 0.0882 e. The molecule has 0 unspecified atom stereocenters. The Morgan fingerprint density at radius 3 is 2.12 bits per heavy atom. The second kappa shape index (κ2) is 4.89. The van der Waals surface area contributed by atoms with Gasteiger partial charge in [-0.15, -0.1) is 0 Å². The van der Waals surface area contributed by atoms with Gasteiger partial charge in [0, 0.05) is 0 Å². The summed E-state index contributed by atoms with van der Waals surface area (Å²) < 4.78 is 0. The van der Waals surface area contributed by atoms with Gasteiger partial charge in [-0.25, -0.2) is 0 Å². The molecule has 0 heterocycles. The van der Waals surface area contributed by atoms with E-state index >= 15 is 0 Å². The molecule has 0 amide bonds. The number of hydrogen-bond donors (Lipinski definition) is 0. The third-order valence-corrected chi connectivity index (χ3v) is 1.25. The first-order chi connectivity index (χ1) is 3.89. The van der Waals surface area contributed by atoms with Crippen LogP contribution in [0.5, 0.6) is 0 Å². The van der Waals surface area contributed by atoms with Gasteiger partial charge in [0.25, 0.3) is 0 Å². The average Bonchev–Trinajstić information content (AvgIpc) is 2.24. The maximum atomic E-state index is 2.28. The summed E-state index contributed by atoms with van der Waals surface area (Å²) in [4.78, 5) is 0. The molecule has 0 saturated heterocycles. The molecule has 48 valence electrons. The van der Waals surface area contributed by atoms with Gasteiger partial charge in [0.15, 0.2) is 0 Å². The van der Waals surface area contributed by atoms with Gasteiger partial charge in [-0.05, 0) is 18.8 Å². The third kappa shape index (κ3) is 2.84. The van der Waals surface area contributed by atoms with E-state index in [2.05, 4.69) is 19.1 Å². The number of rotatable bonds is 0. The summed E-state index contributed by atoms with van der Waals surface area (Å²) in [6, 6.07) is 0. The van der Waals surface area contributed by atoms with Gasteiger partial charge in [0.1, 0.15) is 0 Å². The fraction of sp³-hybridized carbons (Fsp3) is 0.750. The van der Waals surface area contributed by atoms with E-state index in [4.69, 9.17) is 0 Å². The van der Waals surface area contributed by atoms with E-state index in [0.29, 0.717) is 0 Å². The summed E-state index contributed by atoms with van der Waals surface area (Å²) in [7, 11) is 0. The molecule has 0 bridgehead atoms. The van der Waals surface area contributed by atoms with Gasteiger partial charge < -0.3 is 0 Å². The van der Waals surface area contributed by atoms with Crippen molar-refractivity contribution in [2.75, 3.05) is 0 Å². The lowest BCUT2D eigenvalue weighted by Gasteiger charge is -1.89. The van der Waals surface area contributed by atoms with Crippen molar-refractivity contribution in [1.82, 2.24) is 0 Å². The first kappa shape index (κ1) is 7.74. The van der Waals surface area contributed by atoms with E-state index in [0.717, 1.165) is 5.92 Å². The summed E-state index contributed by atoms with van der Waals surface area (Å²) >= 11 is 0. The fourth-order valence-electron chi connectivity index (χ4n) is 0.784. The van der Waals surface area contributed by atoms with Crippen LogP contribution in [0.15, 0.2) is 12.2 Å². The van der Waals surface area contributed by atoms with Gasteiger partial charge in [-0.1, -0.05) is 32.9 Å². The highest BCUT2D eigenvalue weighted by Gasteiger charge is 1.98. The van der Waals surface area contributed by atoms with Crippen molar-refractivity contribution in [3.8, 4) is 0 Å². The van der Waals surface area contributed by atoms with E-state index in [1.54, 1.807) is 0 Å². The van der Waals surface area contributed by atoms with E-state index in [9.17, 15) is 0 Å². The minimum Gasteiger partial charge on any atom is -0.0882 e. The smallest absolute Gasteiger partial charge is 0.0259 e. The van der Waals surface area contributed by atoms with Crippen molar-refractivity contribution in [2.24, 2.45) is 5.92 Å². The zero-order valence-corrected chi connectivity index (χ0v) is 6.15. The molecule has 0 heteroatoms. The average molecular weight is 112 g/mol. The van der Waals surface area contributed by atoms with Gasteiger partial charge in [-0.2, -0.15) is 0 Å². The maximum Gasteiger partial charge on any atom is -0.0259 e. The Bertz CT molecular complexity index is 62.4. The molecule has 0 aromatic heterocycles. The van der Waals surface area contributed by atoms with Crippen molar-refractivity contribution in [3.05, 3.63) is 12.2 Å². The highest BCUT2D eigenvalue weighted by Crippen LogP contribution is 2.14. The van der Waals surface area contributed by atoms with Crippen LogP contribution in [0, 0.1) is 5.92 Å². The molecular weight excluding hydrogens is 96.1 g/mol. The zero-order chi connectivity index (χ0) is 6.41. The van der Waals surface area contributed by atoms with Gasteiger partial charge in [0.05, 0.1) is 0 Å². The third-order valence-electron chi connectivity index (χ3n) is 1.25. The lowest BCUT2D eigenvalue weighted by atomic mass is 10.2. The molecule has 1 atom stereocenters. The quantitative estimate of drug-likeness (QED) is 0.422. The molecule has 0 nitrogen and oxygen atoms in total. The number of hydrogen-bond acceptors (Lipinski definition) is 0. The molecule has 0 fully saturated rings. The number of allylic oxidation sites excluding steroid dienone is 2. The van der Waals surface area contributed by atoms with Gasteiger partial charge >= 0.3 is 0 Å². The molecule has 1 rings (SSSR count). The van der Waals surface area contributed by atoms with E-state index in [1.165, 1.54) is 12.8 Å². The van der Waals surface area contributed by atoms with Gasteiger partial charge in [0.2, 0.25) is 0 Å². The molecule has 0 saturated carbocycles. The maximum absolute atomic E-state index is 2.28. The molecule has 0 aromatic carbocycles. The van der Waals surface area contributed by atoms with Crippen LogP contribution in [-0.4, -0.2) is 0 Å². The van der Waals surface area contributed by atoms with Crippen LogP contribution in [0.25, 0.3) is 0 Å². The minimum absolute atomic E-state index is 0.866. The molecule has 1 aliphatic carbocycles. The molecule has 0 radical (unpaired) electrons. The lowest BCUT2D eigenvalue weighted by molar-refractivity contribution is 0.701. The first-order valence-corrected chi connectivity index (χ1v) is 3.56. The Morgan fingerprint density at radius 1 is 1.38 bits per heavy atom. The van der Waals surface area contributed by atoms with Gasteiger partial charge in [-0.3, -0.25) is 0 Å². The molecule has 0 aliphatic heterocycles. The second-order valence-electron chi connectivity index (χ2n) is 1.98.